The van der Waals surface area contributed by atoms with Gasteiger partial charge < -0.3 is 15.2 Å². The van der Waals surface area contributed by atoms with Gasteiger partial charge in [0.1, 0.15) is 6.61 Å². The summed E-state index contributed by atoms with van der Waals surface area (Å²) in [5, 5.41) is 0. The molecule has 3 heteroatoms. The molecule has 1 aromatic carbocycles. The fourth-order valence-corrected chi connectivity index (χ4v) is 1.12. The van der Waals surface area contributed by atoms with Crippen molar-refractivity contribution < 1.29 is 9.47 Å². The lowest BCUT2D eigenvalue weighted by atomic mass is 10.3. The molecule has 0 aliphatic carbocycles. The van der Waals surface area contributed by atoms with Crippen LogP contribution in [0.15, 0.2) is 24.3 Å². The zero-order chi connectivity index (χ0) is 11.1. The van der Waals surface area contributed by atoms with Gasteiger partial charge in [0.2, 0.25) is 0 Å². The molecule has 3 nitrogen and oxygen atoms in total. The lowest BCUT2D eigenvalue weighted by molar-refractivity contribution is 0.258. The monoisotopic (exact) mass is 209 g/mol. The second kappa shape index (κ2) is 6.30. The first-order valence-electron chi connectivity index (χ1n) is 5.34. The van der Waals surface area contributed by atoms with E-state index >= 15 is 0 Å². The van der Waals surface area contributed by atoms with Crippen molar-refractivity contribution in [3.8, 4) is 11.5 Å². The molecule has 0 saturated heterocycles. The Balaban J connectivity index is 2.59. The normalized spacial score (nSPS) is 12.2. The Morgan fingerprint density at radius 3 is 2.33 bits per heavy atom. The molecule has 1 atom stereocenters. The van der Waals surface area contributed by atoms with Crippen molar-refractivity contribution >= 4 is 0 Å². The van der Waals surface area contributed by atoms with E-state index in [1.807, 2.05) is 31.2 Å². The van der Waals surface area contributed by atoms with E-state index in [0.717, 1.165) is 17.9 Å². The largest absolute Gasteiger partial charge is 0.490 e. The van der Waals surface area contributed by atoms with Crippen molar-refractivity contribution in [2.75, 3.05) is 13.2 Å². The average Bonchev–Trinajstić information content (AvgIpc) is 2.24. The Hall–Kier alpha value is -1.22. The SMILES string of the molecule is CCCOc1ccccc1OC[C@@H](C)N. The van der Waals surface area contributed by atoms with Crippen LogP contribution in [0, 0.1) is 0 Å². The highest BCUT2D eigenvalue weighted by Gasteiger charge is 2.04. The highest BCUT2D eigenvalue weighted by atomic mass is 16.5. The summed E-state index contributed by atoms with van der Waals surface area (Å²) in [5.41, 5.74) is 5.62. The molecule has 15 heavy (non-hydrogen) atoms. The molecule has 0 aliphatic heterocycles. The highest BCUT2D eigenvalue weighted by Crippen LogP contribution is 2.26. The number of hydrogen-bond donors (Lipinski definition) is 1. The lowest BCUT2D eigenvalue weighted by Gasteiger charge is -2.13. The highest BCUT2D eigenvalue weighted by molar-refractivity contribution is 5.39. The van der Waals surface area contributed by atoms with Gasteiger partial charge in [0.25, 0.3) is 0 Å². The number of ether oxygens (including phenoxy) is 2. The van der Waals surface area contributed by atoms with Gasteiger partial charge in [-0.1, -0.05) is 19.1 Å². The fraction of sp³-hybridized carbons (Fsp3) is 0.500. The topological polar surface area (TPSA) is 44.5 Å². The van der Waals surface area contributed by atoms with Crippen molar-refractivity contribution in [2.24, 2.45) is 5.73 Å². The molecule has 1 rings (SSSR count). The summed E-state index contributed by atoms with van der Waals surface area (Å²) in [5.74, 6) is 1.56. The zero-order valence-corrected chi connectivity index (χ0v) is 9.40. The standard InChI is InChI=1S/C12H19NO2/c1-3-8-14-11-6-4-5-7-12(11)15-9-10(2)13/h4-7,10H,3,8-9,13H2,1-2H3/t10-/m1/s1. The smallest absolute Gasteiger partial charge is 0.161 e. The van der Waals surface area contributed by atoms with Gasteiger partial charge in [0.15, 0.2) is 11.5 Å². The summed E-state index contributed by atoms with van der Waals surface area (Å²) < 4.78 is 11.1. The third kappa shape index (κ3) is 4.21. The second-order valence-electron chi connectivity index (χ2n) is 3.58. The van der Waals surface area contributed by atoms with Gasteiger partial charge in [-0.2, -0.15) is 0 Å². The Morgan fingerprint density at radius 1 is 1.20 bits per heavy atom. The molecule has 0 heterocycles. The molecule has 0 saturated carbocycles. The van der Waals surface area contributed by atoms with Crippen LogP contribution in [-0.4, -0.2) is 19.3 Å². The van der Waals surface area contributed by atoms with Crippen molar-refractivity contribution in [3.05, 3.63) is 24.3 Å². The molecule has 0 aromatic heterocycles. The van der Waals surface area contributed by atoms with E-state index in [0.29, 0.717) is 13.2 Å². The number of benzene rings is 1. The predicted octanol–water partition coefficient (Wildman–Crippen LogP) is 2.20. The Kier molecular flexibility index (Phi) is 4.98. The van der Waals surface area contributed by atoms with E-state index in [4.69, 9.17) is 15.2 Å². The maximum atomic E-state index is 5.62. The first-order valence-corrected chi connectivity index (χ1v) is 5.34. The number of rotatable bonds is 6. The van der Waals surface area contributed by atoms with Crippen molar-refractivity contribution in [2.45, 2.75) is 26.3 Å². The van der Waals surface area contributed by atoms with E-state index in [2.05, 4.69) is 6.92 Å². The quantitative estimate of drug-likeness (QED) is 0.781. The minimum Gasteiger partial charge on any atom is -0.490 e. The third-order valence-corrected chi connectivity index (χ3v) is 1.81. The Morgan fingerprint density at radius 2 is 1.80 bits per heavy atom. The van der Waals surface area contributed by atoms with Gasteiger partial charge in [-0.15, -0.1) is 0 Å². The molecule has 0 aliphatic rings. The molecule has 0 radical (unpaired) electrons. The van der Waals surface area contributed by atoms with Gasteiger partial charge in [0.05, 0.1) is 6.61 Å². The van der Waals surface area contributed by atoms with Crippen LogP contribution >= 0.6 is 0 Å². The van der Waals surface area contributed by atoms with Gasteiger partial charge in [-0.3, -0.25) is 0 Å². The fourth-order valence-electron chi connectivity index (χ4n) is 1.12. The molecule has 0 spiro atoms. The second-order valence-corrected chi connectivity index (χ2v) is 3.58. The molecule has 0 bridgehead atoms. The van der Waals surface area contributed by atoms with Gasteiger partial charge in [0, 0.05) is 6.04 Å². The number of para-hydroxylation sites is 2. The summed E-state index contributed by atoms with van der Waals surface area (Å²) in [6, 6.07) is 7.70. The molecule has 0 unspecified atom stereocenters. The first-order chi connectivity index (χ1) is 7.24. The maximum absolute atomic E-state index is 5.62. The molecule has 0 fully saturated rings. The van der Waals surface area contributed by atoms with E-state index in [-0.39, 0.29) is 6.04 Å². The minimum atomic E-state index is 0.0317. The number of nitrogens with two attached hydrogens (primary N) is 1. The van der Waals surface area contributed by atoms with Crippen LogP contribution in [0.1, 0.15) is 20.3 Å². The molecule has 0 amide bonds. The average molecular weight is 209 g/mol. The number of hydrogen-bond acceptors (Lipinski definition) is 3. The van der Waals surface area contributed by atoms with Crippen LogP contribution in [0.5, 0.6) is 11.5 Å². The molecule has 1 aromatic rings. The Labute approximate surface area is 91.2 Å². The summed E-state index contributed by atoms with van der Waals surface area (Å²) >= 11 is 0. The zero-order valence-electron chi connectivity index (χ0n) is 9.40. The van der Waals surface area contributed by atoms with Crippen molar-refractivity contribution in [1.82, 2.24) is 0 Å². The molecule has 2 N–H and O–H groups in total. The summed E-state index contributed by atoms with van der Waals surface area (Å²) in [7, 11) is 0. The summed E-state index contributed by atoms with van der Waals surface area (Å²) in [6.07, 6.45) is 0.988. The van der Waals surface area contributed by atoms with Gasteiger partial charge >= 0.3 is 0 Å². The first kappa shape index (κ1) is 11.9. The third-order valence-electron chi connectivity index (χ3n) is 1.81. The maximum Gasteiger partial charge on any atom is 0.161 e. The van der Waals surface area contributed by atoms with Crippen LogP contribution < -0.4 is 15.2 Å². The Bertz CT molecular complexity index is 287. The van der Waals surface area contributed by atoms with E-state index in [1.54, 1.807) is 0 Å². The molecular formula is C12H19NO2. The summed E-state index contributed by atoms with van der Waals surface area (Å²) in [6.45, 7) is 5.20. The van der Waals surface area contributed by atoms with Crippen LogP contribution in [0.3, 0.4) is 0 Å². The lowest BCUT2D eigenvalue weighted by Crippen LogP contribution is -2.23. The van der Waals surface area contributed by atoms with Crippen LogP contribution in [0.4, 0.5) is 0 Å². The van der Waals surface area contributed by atoms with Gasteiger partial charge in [-0.05, 0) is 25.5 Å². The minimum absolute atomic E-state index is 0.0317. The van der Waals surface area contributed by atoms with Crippen molar-refractivity contribution in [1.29, 1.82) is 0 Å². The van der Waals surface area contributed by atoms with Crippen LogP contribution in [0.25, 0.3) is 0 Å². The van der Waals surface area contributed by atoms with E-state index in [9.17, 15) is 0 Å². The van der Waals surface area contributed by atoms with Crippen LogP contribution in [-0.2, 0) is 0 Å². The molecule has 84 valence electrons. The van der Waals surface area contributed by atoms with Crippen LogP contribution in [0.2, 0.25) is 0 Å². The molecular weight excluding hydrogens is 190 g/mol. The van der Waals surface area contributed by atoms with E-state index < -0.39 is 0 Å². The summed E-state index contributed by atoms with van der Waals surface area (Å²) in [4.78, 5) is 0. The van der Waals surface area contributed by atoms with Crippen molar-refractivity contribution in [3.63, 3.8) is 0 Å². The predicted molar refractivity (Wildman–Crippen MR) is 61.4 cm³/mol. The van der Waals surface area contributed by atoms with E-state index in [1.165, 1.54) is 0 Å². The van der Waals surface area contributed by atoms with Gasteiger partial charge in [-0.25, -0.2) is 0 Å².